The molecule has 0 saturated heterocycles. The van der Waals surface area contributed by atoms with E-state index in [1.54, 1.807) is 11.8 Å². The molecule has 0 aromatic rings. The Morgan fingerprint density at radius 3 is 2.53 bits per heavy atom. The summed E-state index contributed by atoms with van der Waals surface area (Å²) in [4.78, 5) is 13.8. The van der Waals surface area contributed by atoms with Crippen LogP contribution in [0.15, 0.2) is 0 Å². The lowest BCUT2D eigenvalue weighted by molar-refractivity contribution is -0.122. The van der Waals surface area contributed by atoms with E-state index < -0.39 is 0 Å². The number of nitrogens with two attached hydrogens (primary N) is 1. The first kappa shape index (κ1) is 16.7. The van der Waals surface area contributed by atoms with Crippen LogP contribution in [-0.4, -0.2) is 56.0 Å². The SMILES string of the molecule is CSCC[C@H](N)C(=O)NCC(C)(C)CN(C)C. The predicted octanol–water partition coefficient (Wildman–Crippen LogP) is 0.771. The summed E-state index contributed by atoms with van der Waals surface area (Å²) >= 11 is 1.71. The van der Waals surface area contributed by atoms with Gasteiger partial charge in [-0.25, -0.2) is 0 Å². The predicted molar refractivity (Wildman–Crippen MR) is 76.3 cm³/mol. The van der Waals surface area contributed by atoms with E-state index in [2.05, 4.69) is 24.1 Å². The van der Waals surface area contributed by atoms with Gasteiger partial charge in [0.05, 0.1) is 6.04 Å². The Morgan fingerprint density at radius 1 is 1.47 bits per heavy atom. The third kappa shape index (κ3) is 8.46. The van der Waals surface area contributed by atoms with E-state index in [-0.39, 0.29) is 17.4 Å². The van der Waals surface area contributed by atoms with Crippen molar-refractivity contribution >= 4 is 17.7 Å². The van der Waals surface area contributed by atoms with Crippen LogP contribution in [0.25, 0.3) is 0 Å². The molecule has 0 aliphatic rings. The minimum Gasteiger partial charge on any atom is -0.354 e. The second kappa shape index (κ2) is 7.95. The molecule has 5 heteroatoms. The Hall–Kier alpha value is -0.260. The molecule has 0 rings (SSSR count). The van der Waals surface area contributed by atoms with Crippen LogP contribution in [0.3, 0.4) is 0 Å². The third-order valence-corrected chi connectivity index (χ3v) is 3.10. The summed E-state index contributed by atoms with van der Waals surface area (Å²) in [5.74, 6) is 0.890. The van der Waals surface area contributed by atoms with Gasteiger partial charge in [-0.05, 0) is 37.9 Å². The van der Waals surface area contributed by atoms with Crippen molar-refractivity contribution in [2.45, 2.75) is 26.3 Å². The lowest BCUT2D eigenvalue weighted by Crippen LogP contribution is -2.46. The van der Waals surface area contributed by atoms with Crippen molar-refractivity contribution < 1.29 is 4.79 Å². The Morgan fingerprint density at radius 2 is 2.06 bits per heavy atom. The normalized spacial score (nSPS) is 13.8. The maximum absolute atomic E-state index is 11.7. The summed E-state index contributed by atoms with van der Waals surface area (Å²) in [6.07, 6.45) is 2.76. The van der Waals surface area contributed by atoms with Crippen molar-refractivity contribution in [3.8, 4) is 0 Å². The number of hydrogen-bond donors (Lipinski definition) is 2. The van der Waals surface area contributed by atoms with Crippen molar-refractivity contribution in [2.75, 3.05) is 39.2 Å². The first-order valence-corrected chi connectivity index (χ1v) is 7.35. The highest BCUT2D eigenvalue weighted by atomic mass is 32.2. The molecule has 17 heavy (non-hydrogen) atoms. The minimum atomic E-state index is -0.377. The first-order valence-electron chi connectivity index (χ1n) is 5.95. The van der Waals surface area contributed by atoms with E-state index in [4.69, 9.17) is 5.73 Å². The molecule has 0 heterocycles. The smallest absolute Gasteiger partial charge is 0.236 e. The zero-order valence-corrected chi connectivity index (χ0v) is 12.6. The molecule has 1 atom stereocenters. The van der Waals surface area contributed by atoms with E-state index in [9.17, 15) is 4.79 Å². The fourth-order valence-corrected chi connectivity index (χ4v) is 2.23. The number of amides is 1. The maximum Gasteiger partial charge on any atom is 0.236 e. The summed E-state index contributed by atoms with van der Waals surface area (Å²) in [7, 11) is 4.07. The van der Waals surface area contributed by atoms with Crippen LogP contribution >= 0.6 is 11.8 Å². The number of hydrogen-bond acceptors (Lipinski definition) is 4. The van der Waals surface area contributed by atoms with Gasteiger partial charge in [0, 0.05) is 13.1 Å². The first-order chi connectivity index (χ1) is 7.78. The van der Waals surface area contributed by atoms with Gasteiger partial charge in [-0.2, -0.15) is 11.8 Å². The summed E-state index contributed by atoms with van der Waals surface area (Å²) in [5.41, 5.74) is 5.87. The lowest BCUT2D eigenvalue weighted by atomic mass is 9.93. The minimum absolute atomic E-state index is 0.0362. The highest BCUT2D eigenvalue weighted by Gasteiger charge is 2.21. The summed E-state index contributed by atoms with van der Waals surface area (Å²) in [6, 6.07) is -0.377. The van der Waals surface area contributed by atoms with Crippen molar-refractivity contribution in [3.63, 3.8) is 0 Å². The largest absolute Gasteiger partial charge is 0.354 e. The fraction of sp³-hybridized carbons (Fsp3) is 0.917. The Bertz CT molecular complexity index is 232. The van der Waals surface area contributed by atoms with Crippen molar-refractivity contribution in [1.82, 2.24) is 10.2 Å². The van der Waals surface area contributed by atoms with E-state index >= 15 is 0 Å². The molecule has 3 N–H and O–H groups in total. The second-order valence-corrected chi connectivity index (χ2v) is 6.49. The van der Waals surface area contributed by atoms with Crippen LogP contribution in [-0.2, 0) is 4.79 Å². The average molecular weight is 261 g/mol. The van der Waals surface area contributed by atoms with Crippen molar-refractivity contribution in [3.05, 3.63) is 0 Å². The topological polar surface area (TPSA) is 58.4 Å². The molecule has 0 aliphatic heterocycles. The van der Waals surface area contributed by atoms with Gasteiger partial charge >= 0.3 is 0 Å². The molecule has 0 aromatic carbocycles. The highest BCUT2D eigenvalue weighted by molar-refractivity contribution is 7.98. The molecular weight excluding hydrogens is 234 g/mol. The molecule has 4 nitrogen and oxygen atoms in total. The van der Waals surface area contributed by atoms with Crippen LogP contribution in [0.4, 0.5) is 0 Å². The van der Waals surface area contributed by atoms with E-state index in [0.29, 0.717) is 6.54 Å². The number of nitrogens with zero attached hydrogens (tertiary/aromatic N) is 1. The van der Waals surface area contributed by atoms with Crippen LogP contribution < -0.4 is 11.1 Å². The van der Waals surface area contributed by atoms with Crippen LogP contribution in [0.2, 0.25) is 0 Å². The number of carbonyl (C=O) groups excluding carboxylic acids is 1. The van der Waals surface area contributed by atoms with Gasteiger partial charge in [0.1, 0.15) is 0 Å². The average Bonchev–Trinajstić information content (AvgIpc) is 2.20. The van der Waals surface area contributed by atoms with E-state index in [1.807, 2.05) is 20.4 Å². The Balaban J connectivity index is 3.97. The van der Waals surface area contributed by atoms with Crippen molar-refractivity contribution in [1.29, 1.82) is 0 Å². The molecule has 0 radical (unpaired) electrons. The zero-order valence-electron chi connectivity index (χ0n) is 11.7. The molecule has 0 spiro atoms. The molecule has 0 aromatic heterocycles. The van der Waals surface area contributed by atoms with Gasteiger partial charge in [0.15, 0.2) is 0 Å². The molecule has 0 unspecified atom stereocenters. The summed E-state index contributed by atoms with van der Waals surface area (Å²) < 4.78 is 0. The summed E-state index contributed by atoms with van der Waals surface area (Å²) in [6.45, 7) is 5.88. The Labute approximate surface area is 110 Å². The van der Waals surface area contributed by atoms with Crippen LogP contribution in [0.1, 0.15) is 20.3 Å². The Kier molecular flexibility index (Phi) is 7.83. The second-order valence-electron chi connectivity index (χ2n) is 5.51. The van der Waals surface area contributed by atoms with Gasteiger partial charge in [-0.3, -0.25) is 4.79 Å². The highest BCUT2D eigenvalue weighted by Crippen LogP contribution is 2.14. The number of thioether (sulfide) groups is 1. The molecule has 102 valence electrons. The summed E-state index contributed by atoms with van der Waals surface area (Å²) in [5, 5.41) is 2.94. The third-order valence-electron chi connectivity index (χ3n) is 2.46. The van der Waals surface area contributed by atoms with Gasteiger partial charge in [-0.15, -0.1) is 0 Å². The van der Waals surface area contributed by atoms with Crippen LogP contribution in [0.5, 0.6) is 0 Å². The number of carbonyl (C=O) groups is 1. The van der Waals surface area contributed by atoms with E-state index in [1.165, 1.54) is 0 Å². The quantitative estimate of drug-likeness (QED) is 0.678. The van der Waals surface area contributed by atoms with E-state index in [0.717, 1.165) is 18.7 Å². The van der Waals surface area contributed by atoms with Crippen molar-refractivity contribution in [2.24, 2.45) is 11.1 Å². The zero-order chi connectivity index (χ0) is 13.5. The number of rotatable bonds is 8. The van der Waals surface area contributed by atoms with Gasteiger partial charge < -0.3 is 16.0 Å². The van der Waals surface area contributed by atoms with Crippen LogP contribution in [0, 0.1) is 5.41 Å². The molecular formula is C12H27N3OS. The van der Waals surface area contributed by atoms with Gasteiger partial charge in [-0.1, -0.05) is 13.8 Å². The lowest BCUT2D eigenvalue weighted by Gasteiger charge is -2.29. The molecule has 0 aliphatic carbocycles. The molecule has 1 amide bonds. The molecule has 0 saturated carbocycles. The number of nitrogens with one attached hydrogen (secondary N) is 1. The molecule has 0 bridgehead atoms. The monoisotopic (exact) mass is 261 g/mol. The van der Waals surface area contributed by atoms with Gasteiger partial charge in [0.25, 0.3) is 0 Å². The van der Waals surface area contributed by atoms with Gasteiger partial charge in [0.2, 0.25) is 5.91 Å². The fourth-order valence-electron chi connectivity index (χ4n) is 1.75. The molecule has 0 fully saturated rings. The standard InChI is InChI=1S/C12H27N3OS/c1-12(2,9-15(3)4)8-14-11(16)10(13)6-7-17-5/h10H,6-9,13H2,1-5H3,(H,14,16)/t10-/m0/s1. The maximum atomic E-state index is 11.7.